The van der Waals surface area contributed by atoms with Crippen LogP contribution in [0.4, 0.5) is 0 Å². The van der Waals surface area contributed by atoms with Gasteiger partial charge in [0.1, 0.15) is 18.2 Å². The Kier molecular flexibility index (Phi) is 6.52. The number of hydrogen-bond donors (Lipinski definition) is 1. The molecule has 1 fully saturated rings. The molecule has 1 aliphatic rings. The van der Waals surface area contributed by atoms with E-state index < -0.39 is 0 Å². The van der Waals surface area contributed by atoms with Crippen LogP contribution >= 0.6 is 0 Å². The van der Waals surface area contributed by atoms with Gasteiger partial charge < -0.3 is 20.7 Å². The third-order valence-electron chi connectivity index (χ3n) is 4.39. The van der Waals surface area contributed by atoms with E-state index in [0.717, 1.165) is 41.3 Å². The lowest BCUT2D eigenvalue weighted by molar-refractivity contribution is 0.238. The molecule has 6 nitrogen and oxygen atoms in total. The van der Waals surface area contributed by atoms with E-state index in [4.69, 9.17) is 4.74 Å². The second kappa shape index (κ2) is 8.62. The highest BCUT2D eigenvalue weighted by Crippen LogP contribution is 2.22. The minimum absolute atomic E-state index is 0. The monoisotopic (exact) mass is 343 g/mol. The van der Waals surface area contributed by atoms with Crippen LogP contribution in [0.25, 0.3) is 22.4 Å². The predicted molar refractivity (Wildman–Crippen MR) is 99.9 cm³/mol. The molecule has 0 atom stereocenters. The van der Waals surface area contributed by atoms with Crippen molar-refractivity contribution in [2.24, 2.45) is 0 Å². The van der Waals surface area contributed by atoms with Gasteiger partial charge in [0.2, 0.25) is 0 Å². The lowest BCUT2D eigenvalue weighted by atomic mass is 10.2. The van der Waals surface area contributed by atoms with Crippen LogP contribution in [-0.2, 0) is 0 Å². The number of imidazole rings is 1. The van der Waals surface area contributed by atoms with Crippen molar-refractivity contribution in [1.82, 2.24) is 14.9 Å². The topological polar surface area (TPSA) is 104 Å². The first-order valence-electron chi connectivity index (χ1n) is 8.29. The Hall–Kier alpha value is -2.41. The van der Waals surface area contributed by atoms with E-state index in [1.165, 1.54) is 25.9 Å². The molecule has 4 rings (SSSR count). The SMILES string of the molecule is O.O.c1ccc2[nH]c(-c3ccc(OCCN4CCCC4)cc3)nc2c1. The summed E-state index contributed by atoms with van der Waals surface area (Å²) in [5.41, 5.74) is 3.13. The Morgan fingerprint density at radius 1 is 0.960 bits per heavy atom. The molecule has 0 unspecified atom stereocenters. The Labute approximate surface area is 147 Å². The second-order valence-electron chi connectivity index (χ2n) is 6.02. The molecule has 0 spiro atoms. The molecule has 2 aromatic carbocycles. The summed E-state index contributed by atoms with van der Waals surface area (Å²) in [6.07, 6.45) is 2.65. The quantitative estimate of drug-likeness (QED) is 0.766. The van der Waals surface area contributed by atoms with Crippen LogP contribution in [0.5, 0.6) is 5.75 Å². The predicted octanol–water partition coefficient (Wildman–Crippen LogP) is 2.06. The van der Waals surface area contributed by atoms with Crippen molar-refractivity contribution in [3.63, 3.8) is 0 Å². The first-order chi connectivity index (χ1) is 11.4. The number of aromatic nitrogens is 2. The minimum Gasteiger partial charge on any atom is -0.492 e. The van der Waals surface area contributed by atoms with Crippen molar-refractivity contribution in [3.8, 4) is 17.1 Å². The van der Waals surface area contributed by atoms with Crippen molar-refractivity contribution in [1.29, 1.82) is 0 Å². The maximum atomic E-state index is 5.85. The van der Waals surface area contributed by atoms with Crippen molar-refractivity contribution in [2.75, 3.05) is 26.2 Å². The van der Waals surface area contributed by atoms with Gasteiger partial charge in [-0.3, -0.25) is 4.90 Å². The summed E-state index contributed by atoms with van der Waals surface area (Å²) in [6, 6.07) is 16.2. The van der Waals surface area contributed by atoms with Gasteiger partial charge in [-0.25, -0.2) is 4.98 Å². The summed E-state index contributed by atoms with van der Waals surface area (Å²) < 4.78 is 5.85. The molecule has 1 aliphatic heterocycles. The van der Waals surface area contributed by atoms with Crippen molar-refractivity contribution in [2.45, 2.75) is 12.8 Å². The Morgan fingerprint density at radius 2 is 1.68 bits per heavy atom. The number of nitrogens with zero attached hydrogens (tertiary/aromatic N) is 2. The zero-order valence-corrected chi connectivity index (χ0v) is 14.2. The largest absolute Gasteiger partial charge is 0.492 e. The molecular formula is C19H25N3O3. The number of H-pyrrole nitrogens is 1. The van der Waals surface area contributed by atoms with Crippen LogP contribution in [0.3, 0.4) is 0 Å². The maximum Gasteiger partial charge on any atom is 0.138 e. The first-order valence-corrected chi connectivity index (χ1v) is 8.29. The van der Waals surface area contributed by atoms with E-state index in [-0.39, 0.29) is 11.0 Å². The fraction of sp³-hybridized carbons (Fsp3) is 0.316. The third-order valence-corrected chi connectivity index (χ3v) is 4.39. The number of rotatable bonds is 5. The van der Waals surface area contributed by atoms with Gasteiger partial charge in [-0.05, 0) is 62.3 Å². The Balaban J connectivity index is 0.00000113. The number of hydrogen-bond acceptors (Lipinski definition) is 3. The summed E-state index contributed by atoms with van der Waals surface area (Å²) in [7, 11) is 0. The summed E-state index contributed by atoms with van der Waals surface area (Å²) in [4.78, 5) is 10.4. The van der Waals surface area contributed by atoms with Crippen molar-refractivity contribution >= 4 is 11.0 Å². The average Bonchev–Trinajstić information content (AvgIpc) is 3.24. The van der Waals surface area contributed by atoms with Gasteiger partial charge in [0, 0.05) is 12.1 Å². The summed E-state index contributed by atoms with van der Waals surface area (Å²) in [5, 5.41) is 0. The molecule has 134 valence electrons. The fourth-order valence-electron chi connectivity index (χ4n) is 3.10. The van der Waals surface area contributed by atoms with Gasteiger partial charge in [0.25, 0.3) is 0 Å². The van der Waals surface area contributed by atoms with Gasteiger partial charge in [-0.2, -0.15) is 0 Å². The summed E-state index contributed by atoms with van der Waals surface area (Å²) >= 11 is 0. The van der Waals surface area contributed by atoms with E-state index in [2.05, 4.69) is 27.0 Å². The van der Waals surface area contributed by atoms with E-state index in [9.17, 15) is 0 Å². The number of fused-ring (bicyclic) bond motifs is 1. The van der Waals surface area contributed by atoms with Gasteiger partial charge >= 0.3 is 0 Å². The van der Waals surface area contributed by atoms with Gasteiger partial charge in [0.05, 0.1) is 11.0 Å². The van der Waals surface area contributed by atoms with Crippen molar-refractivity contribution < 1.29 is 15.7 Å². The molecule has 0 bridgehead atoms. The Bertz CT molecular complexity index is 747. The third kappa shape index (κ3) is 4.36. The van der Waals surface area contributed by atoms with E-state index in [1.54, 1.807) is 0 Å². The van der Waals surface area contributed by atoms with E-state index >= 15 is 0 Å². The number of aromatic amines is 1. The van der Waals surface area contributed by atoms with Crippen LogP contribution in [0, 0.1) is 0 Å². The molecule has 3 aromatic rings. The standard InChI is InChI=1S/C19H21N3O.2H2O/c1-2-6-18-17(5-1)20-19(21-18)15-7-9-16(10-8-15)23-14-13-22-11-3-4-12-22;;/h1-2,5-10H,3-4,11-14H2,(H,20,21);2*1H2. The molecule has 0 amide bonds. The number of nitrogens with one attached hydrogen (secondary N) is 1. The van der Waals surface area contributed by atoms with Crippen LogP contribution in [0.2, 0.25) is 0 Å². The van der Waals surface area contributed by atoms with Crippen LogP contribution in [-0.4, -0.2) is 52.1 Å². The van der Waals surface area contributed by atoms with Crippen molar-refractivity contribution in [3.05, 3.63) is 48.5 Å². The smallest absolute Gasteiger partial charge is 0.138 e. The maximum absolute atomic E-state index is 5.85. The number of ether oxygens (including phenoxy) is 1. The van der Waals surface area contributed by atoms with E-state index in [0.29, 0.717) is 0 Å². The highest BCUT2D eigenvalue weighted by Gasteiger charge is 2.11. The number of para-hydroxylation sites is 2. The molecule has 5 N–H and O–H groups in total. The zero-order valence-electron chi connectivity index (χ0n) is 14.2. The molecule has 0 radical (unpaired) electrons. The molecular weight excluding hydrogens is 318 g/mol. The normalized spacial score (nSPS) is 14.1. The number of benzene rings is 2. The minimum atomic E-state index is 0. The first kappa shape index (κ1) is 18.9. The Morgan fingerprint density at radius 3 is 2.40 bits per heavy atom. The van der Waals surface area contributed by atoms with Crippen LogP contribution in [0.1, 0.15) is 12.8 Å². The molecule has 25 heavy (non-hydrogen) atoms. The van der Waals surface area contributed by atoms with Crippen LogP contribution < -0.4 is 4.74 Å². The molecule has 2 heterocycles. The molecule has 1 saturated heterocycles. The van der Waals surface area contributed by atoms with Gasteiger partial charge in [0.15, 0.2) is 0 Å². The zero-order chi connectivity index (χ0) is 15.5. The number of likely N-dealkylation sites (tertiary alicyclic amines) is 1. The second-order valence-corrected chi connectivity index (χ2v) is 6.02. The van der Waals surface area contributed by atoms with Gasteiger partial charge in [-0.1, -0.05) is 12.1 Å². The molecule has 1 aromatic heterocycles. The molecule has 6 heteroatoms. The molecule has 0 saturated carbocycles. The van der Waals surface area contributed by atoms with Crippen LogP contribution in [0.15, 0.2) is 48.5 Å². The summed E-state index contributed by atoms with van der Waals surface area (Å²) in [5.74, 6) is 1.82. The van der Waals surface area contributed by atoms with E-state index in [1.807, 2.05) is 36.4 Å². The fourth-order valence-corrected chi connectivity index (χ4v) is 3.10. The van der Waals surface area contributed by atoms with Gasteiger partial charge in [-0.15, -0.1) is 0 Å². The lowest BCUT2D eigenvalue weighted by Gasteiger charge is -2.14. The average molecular weight is 343 g/mol. The highest BCUT2D eigenvalue weighted by molar-refractivity contribution is 5.79. The summed E-state index contributed by atoms with van der Waals surface area (Å²) in [6.45, 7) is 4.21. The molecule has 0 aliphatic carbocycles. The highest BCUT2D eigenvalue weighted by atomic mass is 16.5. The lowest BCUT2D eigenvalue weighted by Crippen LogP contribution is -2.25.